The van der Waals surface area contributed by atoms with E-state index in [-0.39, 0.29) is 11.6 Å². The van der Waals surface area contributed by atoms with Gasteiger partial charge in [0.15, 0.2) is 6.23 Å². The first-order chi connectivity index (χ1) is 13.1. The number of hydrogen-bond donors (Lipinski definition) is 3. The number of aliphatic hydroxyl groups excluding tert-OH is 1. The zero-order valence-corrected chi connectivity index (χ0v) is 15.8. The largest absolute Gasteiger partial charge is 0.426 e. The van der Waals surface area contributed by atoms with E-state index in [9.17, 15) is 14.5 Å². The molecule has 0 radical (unpaired) electrons. The normalized spacial score (nSPS) is 30.9. The highest BCUT2D eigenvalue weighted by Gasteiger charge is 2.62. The average molecular weight is 414 g/mol. The SMILES string of the molecule is C[C@]1(N)[C@H](n2ccc(N)nc2=O)O[C@](F)(CO[PH](=O)Oc2ccccc2)[C@H]1O. The molecule has 0 amide bonds. The van der Waals surface area contributed by atoms with Gasteiger partial charge in [-0.15, -0.1) is 0 Å². The number of benzene rings is 1. The van der Waals surface area contributed by atoms with E-state index in [2.05, 4.69) is 4.98 Å². The Morgan fingerprint density at radius 2 is 2.07 bits per heavy atom. The van der Waals surface area contributed by atoms with Crippen molar-refractivity contribution in [3.8, 4) is 5.75 Å². The molecule has 1 saturated heterocycles. The number of halogens is 1. The second-order valence-corrected chi connectivity index (χ2v) is 7.51. The Morgan fingerprint density at radius 1 is 1.39 bits per heavy atom. The van der Waals surface area contributed by atoms with Crippen molar-refractivity contribution in [3.63, 3.8) is 0 Å². The summed E-state index contributed by atoms with van der Waals surface area (Å²) in [5.74, 6) is -2.60. The molecule has 1 unspecified atom stereocenters. The van der Waals surface area contributed by atoms with Gasteiger partial charge < -0.3 is 25.8 Å². The lowest BCUT2D eigenvalue weighted by Crippen LogP contribution is -2.55. The number of alkyl halides is 1. The molecule has 0 spiro atoms. The number of rotatable bonds is 6. The van der Waals surface area contributed by atoms with Gasteiger partial charge in [-0.05, 0) is 25.1 Å². The third-order valence-corrected chi connectivity index (χ3v) is 5.05. The molecule has 28 heavy (non-hydrogen) atoms. The Labute approximate surface area is 159 Å². The Hall–Kier alpha value is -2.30. The van der Waals surface area contributed by atoms with Crippen LogP contribution in [0.2, 0.25) is 0 Å². The molecule has 2 heterocycles. The average Bonchev–Trinajstić information content (AvgIpc) is 2.82. The van der Waals surface area contributed by atoms with E-state index in [4.69, 9.17) is 25.3 Å². The summed E-state index contributed by atoms with van der Waals surface area (Å²) in [7, 11) is -3.14. The number of nitrogens with zero attached hydrogens (tertiary/aromatic N) is 2. The number of hydrogen-bond acceptors (Lipinski definition) is 9. The van der Waals surface area contributed by atoms with Gasteiger partial charge in [-0.2, -0.15) is 4.98 Å². The van der Waals surface area contributed by atoms with Crippen molar-refractivity contribution in [1.82, 2.24) is 9.55 Å². The van der Waals surface area contributed by atoms with Crippen LogP contribution in [-0.2, 0) is 13.8 Å². The summed E-state index contributed by atoms with van der Waals surface area (Å²) < 4.78 is 43.3. The molecule has 1 aliphatic heterocycles. The summed E-state index contributed by atoms with van der Waals surface area (Å²) in [4.78, 5) is 15.6. The molecule has 10 nitrogen and oxygen atoms in total. The van der Waals surface area contributed by atoms with Gasteiger partial charge in [-0.1, -0.05) is 18.2 Å². The van der Waals surface area contributed by atoms with E-state index in [0.717, 1.165) is 4.57 Å². The van der Waals surface area contributed by atoms with E-state index in [0.29, 0.717) is 0 Å². The van der Waals surface area contributed by atoms with Gasteiger partial charge in [0, 0.05) is 6.20 Å². The van der Waals surface area contributed by atoms with Gasteiger partial charge >= 0.3 is 13.9 Å². The molecule has 3 rings (SSSR count). The lowest BCUT2D eigenvalue weighted by Gasteiger charge is -2.28. The van der Waals surface area contributed by atoms with Crippen molar-refractivity contribution in [3.05, 3.63) is 53.1 Å². The Morgan fingerprint density at radius 3 is 2.71 bits per heavy atom. The molecule has 12 heteroatoms. The topological polar surface area (TPSA) is 152 Å². The molecule has 5 N–H and O–H groups in total. The summed E-state index contributed by atoms with van der Waals surface area (Å²) in [6.45, 7) is 0.370. The van der Waals surface area contributed by atoms with E-state index in [1.807, 2.05) is 0 Å². The van der Waals surface area contributed by atoms with Crippen molar-refractivity contribution < 1.29 is 27.8 Å². The van der Waals surface area contributed by atoms with Crippen LogP contribution in [0.3, 0.4) is 0 Å². The van der Waals surface area contributed by atoms with Crippen molar-refractivity contribution >= 4 is 14.1 Å². The molecule has 0 saturated carbocycles. The number of nitrogen functional groups attached to an aromatic ring is 1. The van der Waals surface area contributed by atoms with Crippen LogP contribution in [0.1, 0.15) is 13.2 Å². The summed E-state index contributed by atoms with van der Waals surface area (Å²) in [5, 5.41) is 10.4. The lowest BCUT2D eigenvalue weighted by molar-refractivity contribution is -0.203. The molecule has 1 aromatic heterocycles. The van der Waals surface area contributed by atoms with Crippen molar-refractivity contribution in [2.45, 2.75) is 30.6 Å². The van der Waals surface area contributed by atoms with Gasteiger partial charge in [0.25, 0.3) is 5.85 Å². The first-order valence-electron chi connectivity index (χ1n) is 8.21. The van der Waals surface area contributed by atoms with E-state index >= 15 is 4.39 Å². The summed E-state index contributed by atoms with van der Waals surface area (Å²) in [6.07, 6.45) is -2.09. The van der Waals surface area contributed by atoms with Crippen LogP contribution in [0.5, 0.6) is 5.75 Å². The summed E-state index contributed by atoms with van der Waals surface area (Å²) >= 11 is 0. The quantitative estimate of drug-likeness (QED) is 0.576. The maximum absolute atomic E-state index is 15.2. The van der Waals surface area contributed by atoms with Crippen LogP contribution in [-0.4, -0.2) is 38.8 Å². The predicted octanol–water partition coefficient (Wildman–Crippen LogP) is 0.584. The van der Waals surface area contributed by atoms with E-state index in [1.165, 1.54) is 19.2 Å². The fraction of sp³-hybridized carbons (Fsp3) is 0.375. The molecule has 0 aliphatic carbocycles. The number of aliphatic hydroxyl groups is 1. The van der Waals surface area contributed by atoms with Crippen LogP contribution in [0.15, 0.2) is 47.4 Å². The highest BCUT2D eigenvalue weighted by Crippen LogP contribution is 2.44. The van der Waals surface area contributed by atoms with Crippen molar-refractivity contribution in [2.24, 2.45) is 5.73 Å². The van der Waals surface area contributed by atoms with Gasteiger partial charge in [0.05, 0.1) is 5.54 Å². The molecule has 1 fully saturated rings. The standard InChI is InChI=1S/C16H20FN4O6P/c1-15(19)12(22)16(17,9-25-28(24)27-10-5-3-2-4-6-10)26-13(15)21-8-7-11(18)20-14(21)23/h2-8,12-13,22,28H,9,19H2,1H3,(H2,18,20,23)/t12-,13+,15+,16+/m0/s1. The fourth-order valence-electron chi connectivity index (χ4n) is 2.82. The Balaban J connectivity index is 1.74. The Kier molecular flexibility index (Phi) is 5.55. The Bertz CT molecular complexity index is 927. The van der Waals surface area contributed by atoms with Crippen LogP contribution in [0.4, 0.5) is 10.2 Å². The zero-order valence-electron chi connectivity index (χ0n) is 14.8. The monoisotopic (exact) mass is 414 g/mol. The number of para-hydroxylation sites is 1. The molecule has 1 aromatic carbocycles. The minimum atomic E-state index is -3.14. The highest BCUT2D eigenvalue weighted by atomic mass is 31.1. The third-order valence-electron chi connectivity index (χ3n) is 4.27. The van der Waals surface area contributed by atoms with Crippen LogP contribution >= 0.6 is 8.25 Å². The van der Waals surface area contributed by atoms with Gasteiger partial charge in [0.2, 0.25) is 0 Å². The van der Waals surface area contributed by atoms with E-state index < -0.39 is 44.3 Å². The number of anilines is 1. The second-order valence-electron chi connectivity index (χ2n) is 6.52. The number of nitrogens with two attached hydrogens (primary N) is 2. The van der Waals surface area contributed by atoms with Crippen molar-refractivity contribution in [2.75, 3.05) is 12.3 Å². The highest BCUT2D eigenvalue weighted by molar-refractivity contribution is 7.33. The number of ether oxygens (including phenoxy) is 1. The van der Waals surface area contributed by atoms with E-state index in [1.54, 1.807) is 30.3 Å². The molecule has 1 aliphatic rings. The maximum atomic E-state index is 15.2. The third kappa shape index (κ3) is 3.94. The molecule has 2 aromatic rings. The minimum Gasteiger partial charge on any atom is -0.426 e. The predicted molar refractivity (Wildman–Crippen MR) is 97.5 cm³/mol. The number of aromatic nitrogens is 2. The van der Waals surface area contributed by atoms with Gasteiger partial charge in [-0.25, -0.2) is 13.8 Å². The van der Waals surface area contributed by atoms with Crippen molar-refractivity contribution in [1.29, 1.82) is 0 Å². The van der Waals surface area contributed by atoms with Gasteiger partial charge in [-0.3, -0.25) is 9.09 Å². The van der Waals surface area contributed by atoms with Crippen LogP contribution < -0.4 is 21.7 Å². The first kappa shape index (κ1) is 20.4. The minimum absolute atomic E-state index is 0.0370. The van der Waals surface area contributed by atoms with Crippen LogP contribution in [0, 0.1) is 0 Å². The van der Waals surface area contributed by atoms with Crippen LogP contribution in [0.25, 0.3) is 0 Å². The first-order valence-corrected chi connectivity index (χ1v) is 9.44. The molecular formula is C16H20FN4O6P. The molecule has 5 atom stereocenters. The fourth-order valence-corrected chi connectivity index (χ4v) is 3.52. The molecule has 152 valence electrons. The second kappa shape index (κ2) is 7.61. The molecular weight excluding hydrogens is 394 g/mol. The molecule has 0 bridgehead atoms. The lowest BCUT2D eigenvalue weighted by atomic mass is 9.92. The smallest absolute Gasteiger partial charge is 0.368 e. The summed E-state index contributed by atoms with van der Waals surface area (Å²) in [6, 6.07) is 9.45. The zero-order chi connectivity index (χ0) is 20.5. The maximum Gasteiger partial charge on any atom is 0.368 e. The van der Waals surface area contributed by atoms with Gasteiger partial charge in [0.1, 0.15) is 24.3 Å². The summed E-state index contributed by atoms with van der Waals surface area (Å²) in [5.41, 5.74) is 8.89.